The number of halogens is 1. The molecule has 0 aliphatic heterocycles. The Morgan fingerprint density at radius 1 is 1.71 bits per heavy atom. The monoisotopic (exact) mass is 215 g/mol. The Kier molecular flexibility index (Phi) is 3.98. The summed E-state index contributed by atoms with van der Waals surface area (Å²) in [5.41, 5.74) is 6.03. The van der Waals surface area contributed by atoms with Gasteiger partial charge in [-0.2, -0.15) is 0 Å². The normalized spacial score (nSPS) is 12.5. The first-order valence-corrected chi connectivity index (χ1v) is 4.80. The molecule has 5 heteroatoms. The summed E-state index contributed by atoms with van der Waals surface area (Å²) in [6.45, 7) is 2.37. The predicted octanol–water partition coefficient (Wildman–Crippen LogP) is 1.50. The zero-order chi connectivity index (χ0) is 10.6. The Bertz CT molecular complexity index is 304. The molecule has 0 aliphatic rings. The molecule has 0 spiro atoms. The van der Waals surface area contributed by atoms with Crippen molar-refractivity contribution in [3.05, 3.63) is 17.3 Å². The highest BCUT2D eigenvalue weighted by atomic mass is 35.5. The summed E-state index contributed by atoms with van der Waals surface area (Å²) < 4.78 is 0. The van der Waals surface area contributed by atoms with Crippen molar-refractivity contribution in [3.63, 3.8) is 0 Å². The SMILES string of the molecule is CC(O)CCNc1ncc(N)cc1Cl. The van der Waals surface area contributed by atoms with Crippen molar-refractivity contribution in [1.29, 1.82) is 0 Å². The Labute approximate surface area is 88.1 Å². The van der Waals surface area contributed by atoms with E-state index in [1.165, 1.54) is 6.20 Å². The molecule has 0 saturated heterocycles. The lowest BCUT2D eigenvalue weighted by Gasteiger charge is -2.08. The summed E-state index contributed by atoms with van der Waals surface area (Å²) in [5, 5.41) is 12.5. The summed E-state index contributed by atoms with van der Waals surface area (Å²) >= 11 is 5.88. The zero-order valence-electron chi connectivity index (χ0n) is 8.00. The van der Waals surface area contributed by atoms with Crippen molar-refractivity contribution in [2.24, 2.45) is 0 Å². The van der Waals surface area contributed by atoms with Gasteiger partial charge in [0.2, 0.25) is 0 Å². The number of nitrogens with zero attached hydrogens (tertiary/aromatic N) is 1. The summed E-state index contributed by atoms with van der Waals surface area (Å²) in [7, 11) is 0. The van der Waals surface area contributed by atoms with Crippen LogP contribution in [-0.2, 0) is 0 Å². The molecular weight excluding hydrogens is 202 g/mol. The van der Waals surface area contributed by atoms with E-state index in [9.17, 15) is 0 Å². The molecule has 1 aromatic rings. The molecule has 0 bridgehead atoms. The minimum atomic E-state index is -0.324. The van der Waals surface area contributed by atoms with Gasteiger partial charge in [0.1, 0.15) is 5.82 Å². The molecule has 1 aromatic heterocycles. The van der Waals surface area contributed by atoms with Gasteiger partial charge in [-0.15, -0.1) is 0 Å². The predicted molar refractivity (Wildman–Crippen MR) is 58.4 cm³/mol. The third-order valence-corrected chi connectivity index (χ3v) is 2.01. The van der Waals surface area contributed by atoms with Crippen LogP contribution in [0.2, 0.25) is 5.02 Å². The van der Waals surface area contributed by atoms with Gasteiger partial charge in [0.05, 0.1) is 23.0 Å². The Balaban J connectivity index is 2.51. The van der Waals surface area contributed by atoms with Gasteiger partial charge < -0.3 is 16.2 Å². The van der Waals surface area contributed by atoms with E-state index in [1.54, 1.807) is 13.0 Å². The number of pyridine rings is 1. The van der Waals surface area contributed by atoms with Gasteiger partial charge in [-0.1, -0.05) is 11.6 Å². The molecule has 78 valence electrons. The first kappa shape index (κ1) is 11.1. The van der Waals surface area contributed by atoms with Crippen LogP contribution in [-0.4, -0.2) is 22.7 Å². The summed E-state index contributed by atoms with van der Waals surface area (Å²) in [6.07, 6.45) is 1.87. The van der Waals surface area contributed by atoms with E-state index < -0.39 is 0 Å². The van der Waals surface area contributed by atoms with Gasteiger partial charge in [0.15, 0.2) is 0 Å². The quantitative estimate of drug-likeness (QED) is 0.712. The van der Waals surface area contributed by atoms with Crippen molar-refractivity contribution in [3.8, 4) is 0 Å². The maximum atomic E-state index is 9.03. The highest BCUT2D eigenvalue weighted by Gasteiger charge is 2.02. The molecule has 4 nitrogen and oxygen atoms in total. The highest BCUT2D eigenvalue weighted by molar-refractivity contribution is 6.33. The first-order valence-electron chi connectivity index (χ1n) is 4.42. The largest absolute Gasteiger partial charge is 0.397 e. The standard InChI is InChI=1S/C9H14ClN3O/c1-6(14)2-3-12-9-8(10)4-7(11)5-13-9/h4-6,14H,2-3,11H2,1H3,(H,12,13). The van der Waals surface area contributed by atoms with Crippen LogP contribution in [0.25, 0.3) is 0 Å². The van der Waals surface area contributed by atoms with E-state index in [2.05, 4.69) is 10.3 Å². The molecule has 0 aromatic carbocycles. The zero-order valence-corrected chi connectivity index (χ0v) is 8.75. The second-order valence-corrected chi connectivity index (χ2v) is 3.57. The average Bonchev–Trinajstić information content (AvgIpc) is 2.08. The topological polar surface area (TPSA) is 71.2 Å². The van der Waals surface area contributed by atoms with Crippen molar-refractivity contribution < 1.29 is 5.11 Å². The number of aliphatic hydroxyl groups is 1. The fourth-order valence-electron chi connectivity index (χ4n) is 0.982. The fourth-order valence-corrected chi connectivity index (χ4v) is 1.22. The lowest BCUT2D eigenvalue weighted by Crippen LogP contribution is -2.10. The average molecular weight is 216 g/mol. The molecular formula is C9H14ClN3O. The van der Waals surface area contributed by atoms with Gasteiger partial charge in [0, 0.05) is 6.54 Å². The molecule has 1 atom stereocenters. The van der Waals surface area contributed by atoms with Gasteiger partial charge >= 0.3 is 0 Å². The lowest BCUT2D eigenvalue weighted by molar-refractivity contribution is 0.188. The second-order valence-electron chi connectivity index (χ2n) is 3.16. The van der Waals surface area contributed by atoms with Crippen LogP contribution in [0.1, 0.15) is 13.3 Å². The molecule has 0 aliphatic carbocycles. The van der Waals surface area contributed by atoms with E-state index in [4.69, 9.17) is 22.4 Å². The van der Waals surface area contributed by atoms with Crippen LogP contribution in [0.15, 0.2) is 12.3 Å². The third-order valence-electron chi connectivity index (χ3n) is 1.72. The van der Waals surface area contributed by atoms with E-state index in [-0.39, 0.29) is 6.10 Å². The number of aromatic nitrogens is 1. The molecule has 14 heavy (non-hydrogen) atoms. The summed E-state index contributed by atoms with van der Waals surface area (Å²) in [4.78, 5) is 4.02. The number of anilines is 2. The lowest BCUT2D eigenvalue weighted by atomic mass is 10.3. The van der Waals surface area contributed by atoms with Gasteiger partial charge in [0.25, 0.3) is 0 Å². The Hall–Kier alpha value is -1.00. The van der Waals surface area contributed by atoms with Crippen molar-refractivity contribution in [2.45, 2.75) is 19.4 Å². The molecule has 1 heterocycles. The first-order chi connectivity index (χ1) is 6.59. The van der Waals surface area contributed by atoms with Crippen LogP contribution in [0.3, 0.4) is 0 Å². The smallest absolute Gasteiger partial charge is 0.144 e. The van der Waals surface area contributed by atoms with Crippen LogP contribution < -0.4 is 11.1 Å². The van der Waals surface area contributed by atoms with Crippen molar-refractivity contribution >= 4 is 23.1 Å². The molecule has 0 saturated carbocycles. The Morgan fingerprint density at radius 2 is 2.43 bits per heavy atom. The van der Waals surface area contributed by atoms with Gasteiger partial charge in [-0.3, -0.25) is 0 Å². The number of hydrogen-bond acceptors (Lipinski definition) is 4. The summed E-state index contributed by atoms with van der Waals surface area (Å²) in [5.74, 6) is 0.599. The van der Waals surface area contributed by atoms with Gasteiger partial charge in [-0.25, -0.2) is 4.98 Å². The minimum absolute atomic E-state index is 0.324. The molecule has 1 rings (SSSR count). The maximum Gasteiger partial charge on any atom is 0.144 e. The van der Waals surface area contributed by atoms with Crippen LogP contribution >= 0.6 is 11.6 Å². The molecule has 0 radical (unpaired) electrons. The van der Waals surface area contributed by atoms with E-state index in [0.29, 0.717) is 29.5 Å². The van der Waals surface area contributed by atoms with Crippen molar-refractivity contribution in [1.82, 2.24) is 4.98 Å². The van der Waals surface area contributed by atoms with E-state index in [1.807, 2.05) is 0 Å². The van der Waals surface area contributed by atoms with Crippen LogP contribution in [0.5, 0.6) is 0 Å². The fraction of sp³-hybridized carbons (Fsp3) is 0.444. The number of hydrogen-bond donors (Lipinski definition) is 3. The molecule has 0 fully saturated rings. The molecule has 0 amide bonds. The van der Waals surface area contributed by atoms with Crippen LogP contribution in [0, 0.1) is 0 Å². The number of nitrogens with one attached hydrogen (secondary N) is 1. The van der Waals surface area contributed by atoms with E-state index in [0.717, 1.165) is 0 Å². The second kappa shape index (κ2) is 5.02. The molecule has 1 unspecified atom stereocenters. The summed E-state index contributed by atoms with van der Waals surface area (Å²) in [6, 6.07) is 1.64. The maximum absolute atomic E-state index is 9.03. The van der Waals surface area contributed by atoms with E-state index >= 15 is 0 Å². The highest BCUT2D eigenvalue weighted by Crippen LogP contribution is 2.20. The minimum Gasteiger partial charge on any atom is -0.397 e. The van der Waals surface area contributed by atoms with Gasteiger partial charge in [-0.05, 0) is 19.4 Å². The number of rotatable bonds is 4. The number of nitrogen functional groups attached to an aromatic ring is 1. The van der Waals surface area contributed by atoms with Crippen LogP contribution in [0.4, 0.5) is 11.5 Å². The Morgan fingerprint density at radius 3 is 3.00 bits per heavy atom. The molecule has 4 N–H and O–H groups in total. The number of nitrogens with two attached hydrogens (primary N) is 1. The third kappa shape index (κ3) is 3.40. The van der Waals surface area contributed by atoms with Crippen molar-refractivity contribution in [2.75, 3.05) is 17.6 Å². The number of aliphatic hydroxyl groups excluding tert-OH is 1.